The second kappa shape index (κ2) is 8.45. The minimum absolute atomic E-state index is 0.0491. The molecule has 35 heavy (non-hydrogen) atoms. The van der Waals surface area contributed by atoms with Crippen LogP contribution in [-0.4, -0.2) is 55.8 Å². The molecule has 3 heterocycles. The third kappa shape index (κ3) is 4.00. The molecule has 0 atom stereocenters. The number of rotatable bonds is 6. The Balaban J connectivity index is 1.43. The molecule has 0 bridgehead atoms. The van der Waals surface area contributed by atoms with E-state index in [4.69, 9.17) is 4.98 Å². The predicted octanol–water partition coefficient (Wildman–Crippen LogP) is 4.40. The van der Waals surface area contributed by atoms with Gasteiger partial charge < -0.3 is 19.9 Å². The highest BCUT2D eigenvalue weighted by molar-refractivity contribution is 6.01. The van der Waals surface area contributed by atoms with Gasteiger partial charge in [-0.15, -0.1) is 0 Å². The summed E-state index contributed by atoms with van der Waals surface area (Å²) in [4.78, 5) is 33.6. The molecule has 6 rings (SSSR count). The summed E-state index contributed by atoms with van der Waals surface area (Å²) >= 11 is 0. The fourth-order valence-electron chi connectivity index (χ4n) is 5.91. The third-order valence-electron chi connectivity index (χ3n) is 8.01. The van der Waals surface area contributed by atoms with Crippen molar-refractivity contribution in [1.82, 2.24) is 9.88 Å². The Morgan fingerprint density at radius 3 is 2.57 bits per heavy atom. The van der Waals surface area contributed by atoms with Gasteiger partial charge in [0.05, 0.1) is 23.0 Å². The summed E-state index contributed by atoms with van der Waals surface area (Å²) in [5.41, 5.74) is 7.02. The van der Waals surface area contributed by atoms with E-state index in [-0.39, 0.29) is 11.3 Å². The van der Waals surface area contributed by atoms with Crippen LogP contribution in [0.3, 0.4) is 0 Å². The molecule has 0 spiro atoms. The van der Waals surface area contributed by atoms with Gasteiger partial charge >= 0.3 is 0 Å². The van der Waals surface area contributed by atoms with Crippen LogP contribution in [0.4, 0.5) is 11.4 Å². The summed E-state index contributed by atoms with van der Waals surface area (Å²) in [5.74, 6) is 0.755. The Kier molecular flexibility index (Phi) is 5.37. The minimum Gasteiger partial charge on any atom is -0.371 e. The Morgan fingerprint density at radius 1 is 1.11 bits per heavy atom. The molecule has 6 heteroatoms. The van der Waals surface area contributed by atoms with Crippen LogP contribution in [0.25, 0.3) is 22.0 Å². The highest BCUT2D eigenvalue weighted by Gasteiger charge is 2.47. The first-order chi connectivity index (χ1) is 17.0. The number of benzene rings is 2. The summed E-state index contributed by atoms with van der Waals surface area (Å²) in [6.45, 7) is 3.11. The monoisotopic (exact) mass is 468 g/mol. The van der Waals surface area contributed by atoms with Gasteiger partial charge in [0.1, 0.15) is 6.29 Å². The smallest absolute Gasteiger partial charge is 0.228 e. The van der Waals surface area contributed by atoms with Crippen molar-refractivity contribution in [2.75, 3.05) is 43.9 Å². The summed E-state index contributed by atoms with van der Waals surface area (Å²) < 4.78 is 0. The Hall–Kier alpha value is -3.25. The molecular formula is C29H32N4O2. The Bertz CT molecular complexity index is 1320. The lowest BCUT2D eigenvalue weighted by molar-refractivity contribution is -0.115. The van der Waals surface area contributed by atoms with Crippen molar-refractivity contribution in [1.29, 1.82) is 0 Å². The van der Waals surface area contributed by atoms with E-state index in [1.54, 1.807) is 0 Å². The summed E-state index contributed by atoms with van der Waals surface area (Å²) in [6, 6.07) is 12.6. The normalized spacial score (nSPS) is 19.2. The van der Waals surface area contributed by atoms with E-state index in [0.29, 0.717) is 12.3 Å². The topological polar surface area (TPSA) is 65.5 Å². The second-order valence-electron chi connectivity index (χ2n) is 10.8. The Labute approximate surface area is 206 Å². The molecule has 180 valence electrons. The number of anilines is 2. The number of fused-ring (bicyclic) bond motifs is 2. The molecule has 0 unspecified atom stereocenters. The number of aldehydes is 1. The SMILES string of the molecule is CN(C)CC1CCN(c2c(C3(C=O)CC3)cnc3ccc(-c4ccc5c(c4)CC(=O)N5)cc23)CC1. The summed E-state index contributed by atoms with van der Waals surface area (Å²) in [5, 5.41) is 4.04. The number of piperidine rings is 1. The molecule has 2 aromatic carbocycles. The van der Waals surface area contributed by atoms with Crippen molar-refractivity contribution in [3.8, 4) is 11.1 Å². The number of carbonyl (C=O) groups is 2. The van der Waals surface area contributed by atoms with Crippen LogP contribution in [0, 0.1) is 5.92 Å². The number of nitrogens with zero attached hydrogens (tertiary/aromatic N) is 3. The third-order valence-corrected chi connectivity index (χ3v) is 8.01. The van der Waals surface area contributed by atoms with E-state index in [1.807, 2.05) is 12.3 Å². The number of carbonyl (C=O) groups excluding carboxylic acids is 2. The van der Waals surface area contributed by atoms with Gasteiger partial charge in [-0.3, -0.25) is 9.78 Å². The van der Waals surface area contributed by atoms with E-state index in [9.17, 15) is 9.59 Å². The van der Waals surface area contributed by atoms with Gasteiger partial charge in [0.15, 0.2) is 0 Å². The molecule has 2 fully saturated rings. The van der Waals surface area contributed by atoms with Crippen LogP contribution in [0.1, 0.15) is 36.8 Å². The molecule has 2 aliphatic heterocycles. The maximum Gasteiger partial charge on any atom is 0.228 e. The second-order valence-corrected chi connectivity index (χ2v) is 10.8. The van der Waals surface area contributed by atoms with E-state index in [2.05, 4.69) is 59.5 Å². The van der Waals surface area contributed by atoms with E-state index < -0.39 is 0 Å². The molecule has 1 N–H and O–H groups in total. The molecule has 3 aromatic rings. The largest absolute Gasteiger partial charge is 0.371 e. The molecule has 0 radical (unpaired) electrons. The lowest BCUT2D eigenvalue weighted by Crippen LogP contribution is -2.38. The zero-order valence-corrected chi connectivity index (χ0v) is 20.5. The standard InChI is InChI=1S/C29H32N4O2/c1-32(2)17-19-7-11-33(12-8-19)28-23-14-21(20-3-5-25-22(13-20)15-27(35)31-25)4-6-26(23)30-16-24(28)29(18-34)9-10-29/h3-6,13-14,16,18-19H,7-12,15,17H2,1-2H3,(H,31,35). The highest BCUT2D eigenvalue weighted by atomic mass is 16.1. The molecule has 1 aliphatic carbocycles. The Morgan fingerprint density at radius 2 is 1.86 bits per heavy atom. The lowest BCUT2D eigenvalue weighted by Gasteiger charge is -2.37. The average molecular weight is 469 g/mol. The summed E-state index contributed by atoms with van der Waals surface area (Å²) in [6.07, 6.45) is 7.64. The maximum absolute atomic E-state index is 12.2. The van der Waals surface area contributed by atoms with Crippen LogP contribution >= 0.6 is 0 Å². The minimum atomic E-state index is -0.382. The van der Waals surface area contributed by atoms with Gasteiger partial charge in [0, 0.05) is 42.5 Å². The van der Waals surface area contributed by atoms with Crippen LogP contribution in [-0.2, 0) is 21.4 Å². The number of hydrogen-bond acceptors (Lipinski definition) is 5. The van der Waals surface area contributed by atoms with Gasteiger partial charge in [-0.05, 0) is 86.7 Å². The van der Waals surface area contributed by atoms with Crippen molar-refractivity contribution >= 4 is 34.5 Å². The van der Waals surface area contributed by atoms with Crippen molar-refractivity contribution in [2.45, 2.75) is 37.5 Å². The fourth-order valence-corrected chi connectivity index (χ4v) is 5.91. The highest BCUT2D eigenvalue weighted by Crippen LogP contribution is 2.51. The lowest BCUT2D eigenvalue weighted by atomic mass is 9.90. The zero-order valence-electron chi connectivity index (χ0n) is 20.5. The van der Waals surface area contributed by atoms with Gasteiger partial charge in [-0.1, -0.05) is 12.1 Å². The first kappa shape index (κ1) is 22.2. The number of nitrogens with one attached hydrogen (secondary N) is 1. The molecule has 1 aromatic heterocycles. The van der Waals surface area contributed by atoms with Crippen LogP contribution < -0.4 is 10.2 Å². The predicted molar refractivity (Wildman–Crippen MR) is 140 cm³/mol. The number of pyridine rings is 1. The van der Waals surface area contributed by atoms with Crippen molar-refractivity contribution in [3.05, 3.63) is 53.7 Å². The van der Waals surface area contributed by atoms with Crippen LogP contribution in [0.5, 0.6) is 0 Å². The van der Waals surface area contributed by atoms with Crippen molar-refractivity contribution in [2.24, 2.45) is 5.92 Å². The summed E-state index contributed by atoms with van der Waals surface area (Å²) in [7, 11) is 4.29. The van der Waals surface area contributed by atoms with Gasteiger partial charge in [0.2, 0.25) is 5.91 Å². The zero-order chi connectivity index (χ0) is 24.2. The van der Waals surface area contributed by atoms with Crippen LogP contribution in [0.2, 0.25) is 0 Å². The van der Waals surface area contributed by atoms with Crippen LogP contribution in [0.15, 0.2) is 42.6 Å². The van der Waals surface area contributed by atoms with Gasteiger partial charge in [-0.2, -0.15) is 0 Å². The molecular weight excluding hydrogens is 436 g/mol. The average Bonchev–Trinajstić information content (AvgIpc) is 3.57. The molecule has 6 nitrogen and oxygen atoms in total. The van der Waals surface area contributed by atoms with Gasteiger partial charge in [-0.25, -0.2) is 0 Å². The number of hydrogen-bond donors (Lipinski definition) is 1. The maximum atomic E-state index is 12.2. The van der Waals surface area contributed by atoms with E-state index in [0.717, 1.165) is 90.4 Å². The molecule has 3 aliphatic rings. The molecule has 1 amide bonds. The first-order valence-electron chi connectivity index (χ1n) is 12.7. The number of aromatic nitrogens is 1. The fraction of sp³-hybridized carbons (Fsp3) is 0.414. The van der Waals surface area contributed by atoms with E-state index in [1.165, 1.54) is 5.69 Å². The van der Waals surface area contributed by atoms with E-state index >= 15 is 0 Å². The van der Waals surface area contributed by atoms with Crippen molar-refractivity contribution < 1.29 is 9.59 Å². The molecule has 1 saturated heterocycles. The molecule has 1 saturated carbocycles. The quantitative estimate of drug-likeness (QED) is 0.543. The number of amides is 1. The van der Waals surface area contributed by atoms with Gasteiger partial charge in [0.25, 0.3) is 0 Å². The first-order valence-corrected chi connectivity index (χ1v) is 12.7. The van der Waals surface area contributed by atoms with Crippen molar-refractivity contribution in [3.63, 3.8) is 0 Å².